The Morgan fingerprint density at radius 1 is 1.04 bits per heavy atom. The first-order valence-electron chi connectivity index (χ1n) is 7.51. The summed E-state index contributed by atoms with van der Waals surface area (Å²) in [7, 11) is 0. The van der Waals surface area contributed by atoms with Crippen LogP contribution < -0.4 is 5.32 Å². The number of hydrogen-bond donors (Lipinski definition) is 1. The second-order valence-corrected chi connectivity index (χ2v) is 5.57. The molecule has 122 valence electrons. The first kappa shape index (κ1) is 14.8. The van der Waals surface area contributed by atoms with Gasteiger partial charge in [0, 0.05) is 17.5 Å². The van der Waals surface area contributed by atoms with Crippen molar-refractivity contribution in [2.24, 2.45) is 4.99 Å². The largest absolute Gasteiger partial charge is 0.452 e. The zero-order valence-electron chi connectivity index (χ0n) is 12.5. The third kappa shape index (κ3) is 2.54. The highest BCUT2D eigenvalue weighted by Gasteiger charge is 2.30. The highest BCUT2D eigenvalue weighted by molar-refractivity contribution is 6.03. The van der Waals surface area contributed by atoms with E-state index in [2.05, 4.69) is 10.3 Å². The number of furan rings is 1. The van der Waals surface area contributed by atoms with Crippen LogP contribution in [-0.4, -0.2) is 18.9 Å². The van der Waals surface area contributed by atoms with Gasteiger partial charge >= 0.3 is 6.18 Å². The number of para-hydroxylation sites is 1. The van der Waals surface area contributed by atoms with Crippen LogP contribution in [0.15, 0.2) is 57.9 Å². The minimum absolute atomic E-state index is 0.470. The second kappa shape index (κ2) is 5.40. The van der Waals surface area contributed by atoms with Gasteiger partial charge in [-0.15, -0.1) is 0 Å². The Morgan fingerprint density at radius 2 is 1.88 bits per heavy atom. The molecule has 24 heavy (non-hydrogen) atoms. The molecular weight excluding hydrogens is 317 g/mol. The maximum Gasteiger partial charge on any atom is 0.416 e. The molecule has 3 aromatic rings. The number of nitrogens with zero attached hydrogens (tertiary/aromatic N) is 1. The summed E-state index contributed by atoms with van der Waals surface area (Å²) < 4.78 is 44.8. The number of rotatable bonds is 2. The fraction of sp³-hybridized carbons (Fsp3) is 0.167. The molecule has 0 amide bonds. The van der Waals surface area contributed by atoms with E-state index < -0.39 is 11.7 Å². The van der Waals surface area contributed by atoms with Crippen molar-refractivity contribution in [3.05, 3.63) is 59.9 Å². The molecule has 1 N–H and O–H groups in total. The van der Waals surface area contributed by atoms with Gasteiger partial charge in [0.1, 0.15) is 5.58 Å². The molecule has 2 heterocycles. The number of hydrogen-bond acceptors (Lipinski definition) is 3. The number of aliphatic imine (C=N–C) groups is 1. The van der Waals surface area contributed by atoms with Crippen LogP contribution in [0.4, 0.5) is 13.2 Å². The summed E-state index contributed by atoms with van der Waals surface area (Å²) in [6, 6.07) is 12.5. The zero-order valence-corrected chi connectivity index (χ0v) is 12.5. The molecule has 0 atom stereocenters. The van der Waals surface area contributed by atoms with Crippen LogP contribution in [0.1, 0.15) is 11.3 Å². The topological polar surface area (TPSA) is 37.5 Å². The van der Waals surface area contributed by atoms with Crippen LogP contribution >= 0.6 is 0 Å². The average Bonchev–Trinajstić information content (AvgIpc) is 3.22. The Balaban J connectivity index is 1.85. The minimum atomic E-state index is -4.37. The third-order valence-corrected chi connectivity index (χ3v) is 3.95. The Labute approximate surface area is 135 Å². The van der Waals surface area contributed by atoms with Crippen molar-refractivity contribution < 1.29 is 17.6 Å². The molecule has 0 fully saturated rings. The van der Waals surface area contributed by atoms with Crippen molar-refractivity contribution in [3.8, 4) is 11.1 Å². The van der Waals surface area contributed by atoms with Crippen molar-refractivity contribution in [3.63, 3.8) is 0 Å². The number of halogens is 3. The van der Waals surface area contributed by atoms with Crippen molar-refractivity contribution in [2.75, 3.05) is 13.1 Å². The first-order valence-corrected chi connectivity index (χ1v) is 7.51. The summed E-state index contributed by atoms with van der Waals surface area (Å²) in [5, 5.41) is 3.96. The van der Waals surface area contributed by atoms with Gasteiger partial charge in [-0.05, 0) is 23.8 Å². The number of alkyl halides is 3. The maximum absolute atomic E-state index is 13.0. The standard InChI is InChI=1S/C18H13F3N2O/c19-18(20,21)13-5-1-3-11(9-13)14-6-2-4-12-10-15(24-16(12)14)17-22-7-8-23-17/h1-6,9-10H,7-8H2,(H,22,23). The van der Waals surface area contributed by atoms with E-state index in [1.807, 2.05) is 12.1 Å². The van der Waals surface area contributed by atoms with Crippen molar-refractivity contribution in [1.82, 2.24) is 5.32 Å². The summed E-state index contributed by atoms with van der Waals surface area (Å²) in [4.78, 5) is 4.31. The Hall–Kier alpha value is -2.76. The number of fused-ring (bicyclic) bond motifs is 1. The summed E-state index contributed by atoms with van der Waals surface area (Å²) in [6.07, 6.45) is -4.37. The predicted octanol–water partition coefficient (Wildman–Crippen LogP) is 4.47. The molecule has 1 aliphatic rings. The summed E-state index contributed by atoms with van der Waals surface area (Å²) in [5.41, 5.74) is 0.981. The average molecular weight is 330 g/mol. The smallest absolute Gasteiger partial charge is 0.416 e. The van der Waals surface area contributed by atoms with Gasteiger partial charge in [-0.25, -0.2) is 0 Å². The van der Waals surface area contributed by atoms with E-state index in [-0.39, 0.29) is 0 Å². The number of amidine groups is 1. The zero-order chi connectivity index (χ0) is 16.7. The predicted molar refractivity (Wildman–Crippen MR) is 86.1 cm³/mol. The molecule has 0 unspecified atom stereocenters. The lowest BCUT2D eigenvalue weighted by Crippen LogP contribution is -2.18. The molecule has 2 aromatic carbocycles. The van der Waals surface area contributed by atoms with E-state index in [1.54, 1.807) is 18.2 Å². The van der Waals surface area contributed by atoms with Gasteiger partial charge in [-0.3, -0.25) is 4.99 Å². The molecule has 0 spiro atoms. The van der Waals surface area contributed by atoms with Gasteiger partial charge in [0.15, 0.2) is 11.6 Å². The van der Waals surface area contributed by atoms with Crippen LogP contribution in [0.3, 0.4) is 0 Å². The molecule has 0 aliphatic carbocycles. The maximum atomic E-state index is 13.0. The molecule has 0 bridgehead atoms. The molecule has 1 aliphatic heterocycles. The summed E-state index contributed by atoms with van der Waals surface area (Å²) >= 11 is 0. The summed E-state index contributed by atoms with van der Waals surface area (Å²) in [6.45, 7) is 1.44. The second-order valence-electron chi connectivity index (χ2n) is 5.57. The van der Waals surface area contributed by atoms with E-state index in [1.165, 1.54) is 6.07 Å². The molecule has 0 saturated heterocycles. The van der Waals surface area contributed by atoms with Crippen LogP contribution in [0.5, 0.6) is 0 Å². The van der Waals surface area contributed by atoms with Crippen LogP contribution in [0, 0.1) is 0 Å². The molecule has 4 rings (SSSR count). The fourth-order valence-electron chi connectivity index (χ4n) is 2.83. The normalized spacial score (nSPS) is 14.7. The van der Waals surface area contributed by atoms with Crippen LogP contribution in [0.2, 0.25) is 0 Å². The van der Waals surface area contributed by atoms with E-state index in [4.69, 9.17) is 4.42 Å². The van der Waals surface area contributed by atoms with E-state index in [0.29, 0.717) is 34.9 Å². The monoisotopic (exact) mass is 330 g/mol. The Morgan fingerprint density at radius 3 is 2.62 bits per heavy atom. The van der Waals surface area contributed by atoms with E-state index in [9.17, 15) is 13.2 Å². The van der Waals surface area contributed by atoms with Crippen LogP contribution in [0.25, 0.3) is 22.1 Å². The van der Waals surface area contributed by atoms with E-state index in [0.717, 1.165) is 24.1 Å². The minimum Gasteiger partial charge on any atom is -0.452 e. The van der Waals surface area contributed by atoms with Gasteiger partial charge in [0.25, 0.3) is 0 Å². The first-order chi connectivity index (χ1) is 11.5. The van der Waals surface area contributed by atoms with Gasteiger partial charge in [0.05, 0.1) is 12.1 Å². The molecule has 1 aromatic heterocycles. The molecule has 6 heteroatoms. The lowest BCUT2D eigenvalue weighted by molar-refractivity contribution is -0.137. The highest BCUT2D eigenvalue weighted by Crippen LogP contribution is 2.35. The molecule has 0 radical (unpaired) electrons. The van der Waals surface area contributed by atoms with Crippen molar-refractivity contribution in [2.45, 2.75) is 6.18 Å². The van der Waals surface area contributed by atoms with E-state index >= 15 is 0 Å². The van der Waals surface area contributed by atoms with Gasteiger partial charge < -0.3 is 9.73 Å². The number of nitrogens with one attached hydrogen (secondary N) is 1. The van der Waals surface area contributed by atoms with Gasteiger partial charge in [0.2, 0.25) is 0 Å². The quantitative estimate of drug-likeness (QED) is 0.753. The van der Waals surface area contributed by atoms with Crippen LogP contribution in [-0.2, 0) is 6.18 Å². The highest BCUT2D eigenvalue weighted by atomic mass is 19.4. The summed E-state index contributed by atoms with van der Waals surface area (Å²) in [5.74, 6) is 1.28. The molecule has 0 saturated carbocycles. The Kier molecular flexibility index (Phi) is 3.33. The molecule has 3 nitrogen and oxygen atoms in total. The third-order valence-electron chi connectivity index (χ3n) is 3.95. The molecular formula is C18H13F3N2O. The fourth-order valence-corrected chi connectivity index (χ4v) is 2.83. The number of benzene rings is 2. The SMILES string of the molecule is FC(F)(F)c1cccc(-c2cccc3cc(C4=NCCN4)oc23)c1. The van der Waals surface area contributed by atoms with Crippen molar-refractivity contribution >= 4 is 16.8 Å². The lowest BCUT2D eigenvalue weighted by Gasteiger charge is -2.09. The van der Waals surface area contributed by atoms with Gasteiger partial charge in [-0.1, -0.05) is 30.3 Å². The Bertz CT molecular complexity index is 941. The lowest BCUT2D eigenvalue weighted by atomic mass is 10.0. The van der Waals surface area contributed by atoms with Crippen molar-refractivity contribution in [1.29, 1.82) is 0 Å². The van der Waals surface area contributed by atoms with Gasteiger partial charge in [-0.2, -0.15) is 13.2 Å².